The van der Waals surface area contributed by atoms with E-state index in [0.717, 1.165) is 0 Å². The highest BCUT2D eigenvalue weighted by Gasteiger charge is 2.15. The molecule has 4 heteroatoms. The SMILES string of the molecule is CC(C)CCS(=O)(=O)CCC(=O)c1ccccc1. The molecule has 0 amide bonds. The van der Waals surface area contributed by atoms with E-state index >= 15 is 0 Å². The quantitative estimate of drug-likeness (QED) is 0.714. The second-order valence-corrected chi connectivity index (χ2v) is 7.18. The summed E-state index contributed by atoms with van der Waals surface area (Å²) < 4.78 is 23.4. The van der Waals surface area contributed by atoms with Gasteiger partial charge in [-0.1, -0.05) is 44.2 Å². The lowest BCUT2D eigenvalue weighted by molar-refractivity contribution is 0.0989. The monoisotopic (exact) mass is 268 g/mol. The fraction of sp³-hybridized carbons (Fsp3) is 0.500. The fourth-order valence-corrected chi connectivity index (χ4v) is 3.06. The third-order valence-corrected chi connectivity index (χ3v) is 4.43. The van der Waals surface area contributed by atoms with Crippen LogP contribution in [0.25, 0.3) is 0 Å². The molecule has 1 aromatic rings. The zero-order chi connectivity index (χ0) is 13.6. The molecule has 0 aromatic heterocycles. The summed E-state index contributed by atoms with van der Waals surface area (Å²) in [6, 6.07) is 8.81. The molecule has 0 radical (unpaired) electrons. The van der Waals surface area contributed by atoms with Crippen LogP contribution in [-0.2, 0) is 9.84 Å². The summed E-state index contributed by atoms with van der Waals surface area (Å²) in [5.41, 5.74) is 0.580. The van der Waals surface area contributed by atoms with Gasteiger partial charge in [0, 0.05) is 12.0 Å². The van der Waals surface area contributed by atoms with Gasteiger partial charge in [0.1, 0.15) is 0 Å². The van der Waals surface area contributed by atoms with Crippen LogP contribution in [-0.4, -0.2) is 25.7 Å². The molecule has 0 saturated carbocycles. The second-order valence-electron chi connectivity index (χ2n) is 4.87. The van der Waals surface area contributed by atoms with Crippen molar-refractivity contribution in [2.45, 2.75) is 26.7 Å². The van der Waals surface area contributed by atoms with Crippen LogP contribution in [0.1, 0.15) is 37.0 Å². The van der Waals surface area contributed by atoms with Crippen LogP contribution in [0.3, 0.4) is 0 Å². The van der Waals surface area contributed by atoms with Crippen molar-refractivity contribution in [3.8, 4) is 0 Å². The Balaban J connectivity index is 2.48. The Kier molecular flexibility index (Phi) is 5.54. The van der Waals surface area contributed by atoms with Gasteiger partial charge >= 0.3 is 0 Å². The predicted molar refractivity (Wildman–Crippen MR) is 73.5 cm³/mol. The smallest absolute Gasteiger partial charge is 0.163 e. The Labute approximate surface area is 109 Å². The normalized spacial score (nSPS) is 11.7. The number of hydrogen-bond donors (Lipinski definition) is 0. The van der Waals surface area contributed by atoms with Gasteiger partial charge in [0.15, 0.2) is 15.6 Å². The number of sulfone groups is 1. The Bertz CT molecular complexity index is 475. The molecule has 0 aliphatic heterocycles. The molecular weight excluding hydrogens is 248 g/mol. The second kappa shape index (κ2) is 6.69. The minimum atomic E-state index is -3.10. The summed E-state index contributed by atoms with van der Waals surface area (Å²) >= 11 is 0. The number of hydrogen-bond acceptors (Lipinski definition) is 3. The van der Waals surface area contributed by atoms with Gasteiger partial charge < -0.3 is 0 Å². The third kappa shape index (κ3) is 5.45. The van der Waals surface area contributed by atoms with Crippen molar-refractivity contribution in [1.29, 1.82) is 0 Å². The van der Waals surface area contributed by atoms with Gasteiger partial charge in [-0.25, -0.2) is 8.42 Å². The number of Topliss-reactive ketones (excluding diaryl/α,β-unsaturated/α-hetero) is 1. The van der Waals surface area contributed by atoms with Crippen LogP contribution in [0.4, 0.5) is 0 Å². The molecule has 0 aliphatic rings. The molecule has 0 saturated heterocycles. The standard InChI is InChI=1S/C14H20O3S/c1-12(2)8-10-18(16,17)11-9-14(15)13-6-4-3-5-7-13/h3-7,12H,8-11H2,1-2H3. The van der Waals surface area contributed by atoms with Crippen molar-refractivity contribution in [3.63, 3.8) is 0 Å². The Morgan fingerprint density at radius 2 is 1.72 bits per heavy atom. The van der Waals surface area contributed by atoms with E-state index in [-0.39, 0.29) is 23.7 Å². The van der Waals surface area contributed by atoms with Gasteiger partial charge in [-0.2, -0.15) is 0 Å². The van der Waals surface area contributed by atoms with E-state index in [9.17, 15) is 13.2 Å². The first-order valence-corrected chi connectivity index (χ1v) is 8.01. The largest absolute Gasteiger partial charge is 0.294 e. The van der Waals surface area contributed by atoms with Crippen LogP contribution >= 0.6 is 0 Å². The summed E-state index contributed by atoms with van der Waals surface area (Å²) in [5, 5.41) is 0. The first-order chi connectivity index (χ1) is 8.41. The van der Waals surface area contributed by atoms with E-state index in [1.54, 1.807) is 24.3 Å². The first kappa shape index (κ1) is 14.9. The summed E-state index contributed by atoms with van der Waals surface area (Å²) in [4.78, 5) is 11.8. The number of carbonyl (C=O) groups is 1. The van der Waals surface area contributed by atoms with Crippen molar-refractivity contribution in [1.82, 2.24) is 0 Å². The van der Waals surface area contributed by atoms with Crippen molar-refractivity contribution >= 4 is 15.6 Å². The zero-order valence-electron chi connectivity index (χ0n) is 10.9. The van der Waals surface area contributed by atoms with E-state index in [4.69, 9.17) is 0 Å². The summed E-state index contributed by atoms with van der Waals surface area (Å²) in [5.74, 6) is 0.383. The van der Waals surface area contributed by atoms with E-state index < -0.39 is 9.84 Å². The number of ketones is 1. The lowest BCUT2D eigenvalue weighted by atomic mass is 10.1. The maximum absolute atomic E-state index is 11.8. The lowest BCUT2D eigenvalue weighted by Crippen LogP contribution is -2.15. The molecule has 100 valence electrons. The molecule has 0 atom stereocenters. The number of rotatable bonds is 7. The van der Waals surface area contributed by atoms with Crippen LogP contribution in [0, 0.1) is 5.92 Å². The van der Waals surface area contributed by atoms with Crippen molar-refractivity contribution < 1.29 is 13.2 Å². The van der Waals surface area contributed by atoms with Crippen molar-refractivity contribution in [2.75, 3.05) is 11.5 Å². The summed E-state index contributed by atoms with van der Waals surface area (Å²) in [7, 11) is -3.10. The minimum absolute atomic E-state index is 0.0482. The fourth-order valence-electron chi connectivity index (χ4n) is 1.53. The summed E-state index contributed by atoms with van der Waals surface area (Å²) in [6.07, 6.45) is 0.728. The van der Waals surface area contributed by atoms with Gasteiger partial charge in [0.05, 0.1) is 11.5 Å². The molecule has 1 aromatic carbocycles. The Hall–Kier alpha value is -1.16. The maximum Gasteiger partial charge on any atom is 0.163 e. The molecule has 0 fully saturated rings. The third-order valence-electron chi connectivity index (χ3n) is 2.74. The highest BCUT2D eigenvalue weighted by Crippen LogP contribution is 2.08. The Morgan fingerprint density at radius 3 is 2.28 bits per heavy atom. The highest BCUT2D eigenvalue weighted by molar-refractivity contribution is 7.91. The first-order valence-electron chi connectivity index (χ1n) is 6.19. The number of benzene rings is 1. The minimum Gasteiger partial charge on any atom is -0.294 e. The molecule has 0 aliphatic carbocycles. The van der Waals surface area contributed by atoms with Crippen LogP contribution < -0.4 is 0 Å². The average molecular weight is 268 g/mol. The number of carbonyl (C=O) groups excluding carboxylic acids is 1. The van der Waals surface area contributed by atoms with E-state index in [0.29, 0.717) is 17.9 Å². The molecule has 18 heavy (non-hydrogen) atoms. The van der Waals surface area contributed by atoms with Gasteiger partial charge in [-0.3, -0.25) is 4.79 Å². The van der Waals surface area contributed by atoms with E-state index in [1.807, 2.05) is 19.9 Å². The zero-order valence-corrected chi connectivity index (χ0v) is 11.7. The van der Waals surface area contributed by atoms with Crippen LogP contribution in [0.15, 0.2) is 30.3 Å². The van der Waals surface area contributed by atoms with Crippen LogP contribution in [0.2, 0.25) is 0 Å². The van der Waals surface area contributed by atoms with E-state index in [1.165, 1.54) is 0 Å². The van der Waals surface area contributed by atoms with Crippen molar-refractivity contribution in [2.24, 2.45) is 5.92 Å². The Morgan fingerprint density at radius 1 is 1.11 bits per heavy atom. The van der Waals surface area contributed by atoms with E-state index in [2.05, 4.69) is 0 Å². The predicted octanol–water partition coefficient (Wildman–Crippen LogP) is 2.72. The van der Waals surface area contributed by atoms with Crippen molar-refractivity contribution in [3.05, 3.63) is 35.9 Å². The molecule has 3 nitrogen and oxygen atoms in total. The molecule has 0 heterocycles. The van der Waals surface area contributed by atoms with Gasteiger partial charge in [-0.05, 0) is 12.3 Å². The van der Waals surface area contributed by atoms with Gasteiger partial charge in [0.2, 0.25) is 0 Å². The molecule has 0 bridgehead atoms. The molecule has 0 unspecified atom stereocenters. The molecule has 0 spiro atoms. The average Bonchev–Trinajstić information content (AvgIpc) is 2.35. The lowest BCUT2D eigenvalue weighted by Gasteiger charge is -2.06. The topological polar surface area (TPSA) is 51.2 Å². The molecule has 1 rings (SSSR count). The summed E-state index contributed by atoms with van der Waals surface area (Å²) in [6.45, 7) is 3.98. The highest BCUT2D eigenvalue weighted by atomic mass is 32.2. The molecule has 0 N–H and O–H groups in total. The maximum atomic E-state index is 11.8. The van der Waals surface area contributed by atoms with Gasteiger partial charge in [-0.15, -0.1) is 0 Å². The molecular formula is C14H20O3S. The van der Waals surface area contributed by atoms with Crippen LogP contribution in [0.5, 0.6) is 0 Å². The van der Waals surface area contributed by atoms with Gasteiger partial charge in [0.25, 0.3) is 0 Å².